The van der Waals surface area contributed by atoms with Crippen LogP contribution in [0.3, 0.4) is 0 Å². The van der Waals surface area contributed by atoms with E-state index < -0.39 is 0 Å². The highest BCUT2D eigenvalue weighted by Crippen LogP contribution is 2.25. The molecule has 1 aliphatic carbocycles. The van der Waals surface area contributed by atoms with E-state index in [2.05, 4.69) is 4.90 Å². The zero-order chi connectivity index (χ0) is 13.7. The van der Waals surface area contributed by atoms with Crippen LogP contribution in [0.2, 0.25) is 0 Å². The smallest absolute Gasteiger partial charge is 0.151 e. The van der Waals surface area contributed by atoms with Gasteiger partial charge < -0.3 is 0 Å². The molecule has 2 nitrogen and oxygen atoms in total. The molecule has 3 heteroatoms. The summed E-state index contributed by atoms with van der Waals surface area (Å²) < 4.78 is 12.8. The van der Waals surface area contributed by atoms with Gasteiger partial charge in [0.25, 0.3) is 0 Å². The van der Waals surface area contributed by atoms with Crippen molar-refractivity contribution in [1.82, 2.24) is 4.90 Å². The van der Waals surface area contributed by atoms with Crippen molar-refractivity contribution in [3.05, 3.63) is 35.6 Å². The Hall–Kier alpha value is -1.22. The predicted octanol–water partition coefficient (Wildman–Crippen LogP) is 3.06. The summed E-state index contributed by atoms with van der Waals surface area (Å²) in [6.45, 7) is 1.52. The quantitative estimate of drug-likeness (QED) is 0.786. The van der Waals surface area contributed by atoms with Gasteiger partial charge in [0, 0.05) is 13.0 Å². The van der Waals surface area contributed by atoms with Crippen molar-refractivity contribution in [2.75, 3.05) is 20.1 Å². The van der Waals surface area contributed by atoms with Gasteiger partial charge in [-0.25, -0.2) is 4.39 Å². The number of rotatable bonds is 6. The number of hydrogen-bond donors (Lipinski definition) is 0. The Kier molecular flexibility index (Phi) is 5.08. The maximum Gasteiger partial charge on any atom is 0.151 e. The molecule has 0 heterocycles. The van der Waals surface area contributed by atoms with Crippen LogP contribution < -0.4 is 0 Å². The van der Waals surface area contributed by atoms with Gasteiger partial charge in [-0.2, -0.15) is 0 Å². The van der Waals surface area contributed by atoms with Crippen LogP contribution in [0.25, 0.3) is 0 Å². The maximum atomic E-state index is 12.8. The first-order chi connectivity index (χ1) is 9.13. The molecule has 1 saturated carbocycles. The molecule has 0 bridgehead atoms. The second kappa shape index (κ2) is 6.80. The van der Waals surface area contributed by atoms with Crippen LogP contribution in [0.4, 0.5) is 4.39 Å². The SMILES string of the molecule is CN(CC(=O)Cc1ccc(F)cc1)CC1CCCC1. The fraction of sp³-hybridized carbons (Fsp3) is 0.562. The number of carbonyl (C=O) groups excluding carboxylic acids is 1. The molecule has 19 heavy (non-hydrogen) atoms. The first kappa shape index (κ1) is 14.2. The topological polar surface area (TPSA) is 20.3 Å². The maximum absolute atomic E-state index is 12.8. The normalized spacial score (nSPS) is 16.2. The van der Waals surface area contributed by atoms with Crippen molar-refractivity contribution >= 4 is 5.78 Å². The van der Waals surface area contributed by atoms with Crippen LogP contribution in [-0.4, -0.2) is 30.8 Å². The van der Waals surface area contributed by atoms with Crippen molar-refractivity contribution in [2.24, 2.45) is 5.92 Å². The minimum atomic E-state index is -0.255. The van der Waals surface area contributed by atoms with Gasteiger partial charge in [-0.3, -0.25) is 9.69 Å². The molecule has 0 radical (unpaired) electrons. The van der Waals surface area contributed by atoms with Crippen LogP contribution in [-0.2, 0) is 11.2 Å². The summed E-state index contributed by atoms with van der Waals surface area (Å²) in [7, 11) is 2.01. The van der Waals surface area contributed by atoms with Gasteiger partial charge in [-0.1, -0.05) is 25.0 Å². The molecule has 104 valence electrons. The van der Waals surface area contributed by atoms with Crippen molar-refractivity contribution in [3.8, 4) is 0 Å². The molecule has 2 rings (SSSR count). The van der Waals surface area contributed by atoms with Gasteiger partial charge in [0.1, 0.15) is 5.82 Å². The Morgan fingerprint density at radius 3 is 2.53 bits per heavy atom. The van der Waals surface area contributed by atoms with Crippen molar-refractivity contribution in [1.29, 1.82) is 0 Å². The number of ketones is 1. The van der Waals surface area contributed by atoms with E-state index in [9.17, 15) is 9.18 Å². The Morgan fingerprint density at radius 1 is 1.26 bits per heavy atom. The Morgan fingerprint density at radius 2 is 1.89 bits per heavy atom. The molecule has 0 spiro atoms. The molecule has 0 amide bonds. The molecular weight excluding hydrogens is 241 g/mol. The average Bonchev–Trinajstić information content (AvgIpc) is 2.84. The summed E-state index contributed by atoms with van der Waals surface area (Å²) in [6, 6.07) is 6.18. The number of hydrogen-bond acceptors (Lipinski definition) is 2. The van der Waals surface area contributed by atoms with Crippen molar-refractivity contribution in [2.45, 2.75) is 32.1 Å². The molecule has 1 aromatic carbocycles. The predicted molar refractivity (Wildman–Crippen MR) is 74.6 cm³/mol. The second-order valence-electron chi connectivity index (χ2n) is 5.69. The molecule has 0 unspecified atom stereocenters. The summed E-state index contributed by atoms with van der Waals surface area (Å²) in [5, 5.41) is 0. The number of Topliss-reactive ketones (excluding diaryl/α,β-unsaturated/α-hetero) is 1. The fourth-order valence-electron chi connectivity index (χ4n) is 2.89. The minimum Gasteiger partial charge on any atom is -0.299 e. The number of halogens is 1. The van der Waals surface area contributed by atoms with E-state index in [4.69, 9.17) is 0 Å². The highest BCUT2D eigenvalue weighted by atomic mass is 19.1. The van der Waals surface area contributed by atoms with E-state index >= 15 is 0 Å². The summed E-state index contributed by atoms with van der Waals surface area (Å²) in [5.74, 6) is 0.713. The van der Waals surface area contributed by atoms with Crippen molar-refractivity contribution < 1.29 is 9.18 Å². The average molecular weight is 263 g/mol. The van der Waals surface area contributed by atoms with Gasteiger partial charge in [-0.15, -0.1) is 0 Å². The largest absolute Gasteiger partial charge is 0.299 e. The third kappa shape index (κ3) is 4.75. The Labute approximate surface area is 114 Å². The van der Waals surface area contributed by atoms with Gasteiger partial charge in [0.2, 0.25) is 0 Å². The molecule has 1 aromatic rings. The number of likely N-dealkylation sites (N-methyl/N-ethyl adjacent to an activating group) is 1. The third-order valence-corrected chi connectivity index (χ3v) is 3.81. The highest BCUT2D eigenvalue weighted by molar-refractivity contribution is 5.82. The van der Waals surface area contributed by atoms with Crippen LogP contribution in [0.5, 0.6) is 0 Å². The van der Waals surface area contributed by atoms with Gasteiger partial charge in [-0.05, 0) is 43.5 Å². The zero-order valence-corrected chi connectivity index (χ0v) is 11.6. The van der Waals surface area contributed by atoms with Gasteiger partial charge >= 0.3 is 0 Å². The number of benzene rings is 1. The van der Waals surface area contributed by atoms with E-state index in [-0.39, 0.29) is 11.6 Å². The zero-order valence-electron chi connectivity index (χ0n) is 11.6. The molecular formula is C16H22FNO. The third-order valence-electron chi connectivity index (χ3n) is 3.81. The highest BCUT2D eigenvalue weighted by Gasteiger charge is 2.17. The molecule has 0 N–H and O–H groups in total. The Balaban J connectivity index is 1.75. The number of nitrogens with zero attached hydrogens (tertiary/aromatic N) is 1. The van der Waals surface area contributed by atoms with E-state index in [1.165, 1.54) is 37.8 Å². The Bertz CT molecular complexity index is 409. The summed E-state index contributed by atoms with van der Waals surface area (Å²) in [5.41, 5.74) is 0.890. The molecule has 0 aromatic heterocycles. The first-order valence-corrected chi connectivity index (χ1v) is 7.08. The van der Waals surface area contributed by atoms with E-state index in [0.717, 1.165) is 18.0 Å². The molecule has 1 fully saturated rings. The van der Waals surface area contributed by atoms with Crippen LogP contribution >= 0.6 is 0 Å². The number of carbonyl (C=O) groups is 1. The van der Waals surface area contributed by atoms with Gasteiger partial charge in [0.05, 0.1) is 6.54 Å². The van der Waals surface area contributed by atoms with Crippen LogP contribution in [0.15, 0.2) is 24.3 Å². The monoisotopic (exact) mass is 263 g/mol. The van der Waals surface area contributed by atoms with Gasteiger partial charge in [0.15, 0.2) is 5.78 Å². The second-order valence-corrected chi connectivity index (χ2v) is 5.69. The summed E-state index contributed by atoms with van der Waals surface area (Å²) in [4.78, 5) is 14.1. The molecule has 0 saturated heterocycles. The lowest BCUT2D eigenvalue weighted by Gasteiger charge is -2.19. The van der Waals surface area contributed by atoms with Crippen LogP contribution in [0.1, 0.15) is 31.2 Å². The summed E-state index contributed by atoms with van der Waals surface area (Å²) in [6.07, 6.45) is 5.67. The lowest BCUT2D eigenvalue weighted by Crippen LogP contribution is -2.30. The standard InChI is InChI=1S/C16H22FNO/c1-18(11-14-4-2-3-5-14)12-16(19)10-13-6-8-15(17)9-7-13/h6-9,14H,2-5,10-12H2,1H3. The van der Waals surface area contributed by atoms with E-state index in [1.807, 2.05) is 7.05 Å². The first-order valence-electron chi connectivity index (χ1n) is 7.08. The van der Waals surface area contributed by atoms with E-state index in [1.54, 1.807) is 12.1 Å². The van der Waals surface area contributed by atoms with Crippen LogP contribution in [0, 0.1) is 11.7 Å². The molecule has 0 aliphatic heterocycles. The minimum absolute atomic E-state index is 0.201. The lowest BCUT2D eigenvalue weighted by molar-refractivity contribution is -0.119. The van der Waals surface area contributed by atoms with Crippen molar-refractivity contribution in [3.63, 3.8) is 0 Å². The molecule has 1 aliphatic rings. The fourth-order valence-corrected chi connectivity index (χ4v) is 2.89. The van der Waals surface area contributed by atoms with E-state index in [0.29, 0.717) is 13.0 Å². The summed E-state index contributed by atoms with van der Waals surface area (Å²) >= 11 is 0. The lowest BCUT2D eigenvalue weighted by atomic mass is 10.1. The molecule has 0 atom stereocenters.